The highest BCUT2D eigenvalue weighted by atomic mass is 32.1. The third kappa shape index (κ3) is 2.95. The second-order valence-corrected chi connectivity index (χ2v) is 6.43. The van der Waals surface area contributed by atoms with E-state index in [2.05, 4.69) is 10.3 Å². The average molecular weight is 297 g/mol. The zero-order valence-corrected chi connectivity index (χ0v) is 12.7. The van der Waals surface area contributed by atoms with E-state index in [0.717, 1.165) is 42.7 Å². The van der Waals surface area contributed by atoms with Crippen LogP contribution in [-0.4, -0.2) is 15.9 Å². The van der Waals surface area contributed by atoms with Crippen molar-refractivity contribution in [2.75, 3.05) is 0 Å². The quantitative estimate of drug-likeness (QED) is 0.837. The zero-order valence-electron chi connectivity index (χ0n) is 11.1. The Morgan fingerprint density at radius 1 is 1.53 bits per heavy atom. The van der Waals surface area contributed by atoms with Crippen molar-refractivity contribution in [2.24, 2.45) is 11.1 Å². The Kier molecular flexibility index (Phi) is 4.52. The van der Waals surface area contributed by atoms with Crippen molar-refractivity contribution in [2.45, 2.75) is 45.6 Å². The molecule has 0 radical (unpaired) electrons. The Labute approximate surface area is 122 Å². The number of thiocarbonyl (C=S) groups is 1. The number of hydrogen-bond acceptors (Lipinski definition) is 4. The summed E-state index contributed by atoms with van der Waals surface area (Å²) in [5, 5.41) is 2.98. The van der Waals surface area contributed by atoms with Crippen LogP contribution in [0.3, 0.4) is 0 Å². The summed E-state index contributed by atoms with van der Waals surface area (Å²) in [6.07, 6.45) is 4.74. The Hall–Kier alpha value is -1.01. The van der Waals surface area contributed by atoms with Crippen LogP contribution < -0.4 is 11.1 Å². The first kappa shape index (κ1) is 14.4. The molecule has 4 nitrogen and oxygen atoms in total. The lowest BCUT2D eigenvalue weighted by molar-refractivity contribution is -0.129. The van der Waals surface area contributed by atoms with Gasteiger partial charge in [0, 0.05) is 4.88 Å². The number of rotatable bonds is 4. The van der Waals surface area contributed by atoms with Gasteiger partial charge in [-0.25, -0.2) is 4.98 Å². The van der Waals surface area contributed by atoms with E-state index in [1.54, 1.807) is 16.8 Å². The first-order valence-electron chi connectivity index (χ1n) is 6.53. The van der Waals surface area contributed by atoms with Gasteiger partial charge in [-0.15, -0.1) is 11.3 Å². The molecule has 1 aliphatic rings. The molecule has 0 saturated heterocycles. The van der Waals surface area contributed by atoms with Gasteiger partial charge in [-0.05, 0) is 19.8 Å². The molecule has 0 spiro atoms. The number of nitrogens with two attached hydrogens (primary N) is 1. The monoisotopic (exact) mass is 297 g/mol. The fourth-order valence-electron chi connectivity index (χ4n) is 2.57. The number of carbonyl (C=O) groups excluding carboxylic acids is 1. The second kappa shape index (κ2) is 5.96. The molecule has 0 bridgehead atoms. The van der Waals surface area contributed by atoms with Crippen molar-refractivity contribution >= 4 is 34.5 Å². The van der Waals surface area contributed by atoms with Crippen LogP contribution in [0.5, 0.6) is 0 Å². The lowest BCUT2D eigenvalue weighted by atomic mass is 9.73. The summed E-state index contributed by atoms with van der Waals surface area (Å²) in [6.45, 7) is 2.46. The van der Waals surface area contributed by atoms with Gasteiger partial charge in [0.15, 0.2) is 0 Å². The SMILES string of the molecule is Cc1ncsc1CNC(=O)C1(C(N)=S)CCCCC1. The third-order valence-electron chi connectivity index (χ3n) is 3.87. The number of thiazole rings is 1. The zero-order chi connectivity index (χ0) is 13.9. The molecule has 0 aromatic carbocycles. The molecule has 0 atom stereocenters. The molecule has 0 aliphatic heterocycles. The number of carbonyl (C=O) groups is 1. The van der Waals surface area contributed by atoms with Crippen molar-refractivity contribution in [3.8, 4) is 0 Å². The maximum absolute atomic E-state index is 12.5. The minimum atomic E-state index is -0.633. The van der Waals surface area contributed by atoms with Gasteiger partial charge in [0.1, 0.15) is 0 Å². The third-order valence-corrected chi connectivity index (χ3v) is 5.19. The van der Waals surface area contributed by atoms with Crippen LogP contribution in [0.1, 0.15) is 42.7 Å². The maximum atomic E-state index is 12.5. The highest BCUT2D eigenvalue weighted by molar-refractivity contribution is 7.80. The summed E-state index contributed by atoms with van der Waals surface area (Å²) in [6, 6.07) is 0. The fraction of sp³-hybridized carbons (Fsp3) is 0.615. The van der Waals surface area contributed by atoms with E-state index in [0.29, 0.717) is 11.5 Å². The summed E-state index contributed by atoms with van der Waals surface area (Å²) in [5.74, 6) is -0.0208. The van der Waals surface area contributed by atoms with E-state index >= 15 is 0 Å². The molecule has 6 heteroatoms. The molecule has 1 aliphatic carbocycles. The molecule has 1 fully saturated rings. The summed E-state index contributed by atoms with van der Waals surface area (Å²) in [7, 11) is 0. The Balaban J connectivity index is 2.04. The van der Waals surface area contributed by atoms with Crippen molar-refractivity contribution in [3.63, 3.8) is 0 Å². The van der Waals surface area contributed by atoms with E-state index in [4.69, 9.17) is 18.0 Å². The van der Waals surface area contributed by atoms with Crippen LogP contribution in [0.4, 0.5) is 0 Å². The van der Waals surface area contributed by atoms with E-state index in [-0.39, 0.29) is 5.91 Å². The Morgan fingerprint density at radius 2 is 2.21 bits per heavy atom. The van der Waals surface area contributed by atoms with Gasteiger partial charge >= 0.3 is 0 Å². The molecule has 3 N–H and O–H groups in total. The lowest BCUT2D eigenvalue weighted by Crippen LogP contribution is -2.49. The normalized spacial score (nSPS) is 17.9. The van der Waals surface area contributed by atoms with Crippen LogP contribution in [-0.2, 0) is 11.3 Å². The number of nitrogens with one attached hydrogen (secondary N) is 1. The summed E-state index contributed by atoms with van der Waals surface area (Å²) >= 11 is 6.71. The molecule has 1 heterocycles. The predicted molar refractivity (Wildman–Crippen MR) is 81.0 cm³/mol. The fourth-order valence-corrected chi connectivity index (χ4v) is 3.58. The summed E-state index contributed by atoms with van der Waals surface area (Å²) < 4.78 is 0. The Morgan fingerprint density at radius 3 is 2.74 bits per heavy atom. The van der Waals surface area contributed by atoms with Gasteiger partial charge in [-0.1, -0.05) is 31.5 Å². The molecule has 1 saturated carbocycles. The average Bonchev–Trinajstić information content (AvgIpc) is 2.82. The first-order chi connectivity index (χ1) is 9.06. The molecule has 2 rings (SSSR count). The van der Waals surface area contributed by atoms with Crippen molar-refractivity contribution < 1.29 is 4.79 Å². The lowest BCUT2D eigenvalue weighted by Gasteiger charge is -2.34. The Bertz CT molecular complexity index is 478. The van der Waals surface area contributed by atoms with E-state index in [1.807, 2.05) is 6.92 Å². The van der Waals surface area contributed by atoms with Gasteiger partial charge in [-0.2, -0.15) is 0 Å². The second-order valence-electron chi connectivity index (χ2n) is 5.05. The van der Waals surface area contributed by atoms with Crippen LogP contribution in [0.15, 0.2) is 5.51 Å². The van der Waals surface area contributed by atoms with Gasteiger partial charge in [0.05, 0.1) is 28.2 Å². The van der Waals surface area contributed by atoms with Gasteiger partial charge < -0.3 is 11.1 Å². The largest absolute Gasteiger partial charge is 0.392 e. The smallest absolute Gasteiger partial charge is 0.233 e. The van der Waals surface area contributed by atoms with Crippen LogP contribution in [0.2, 0.25) is 0 Å². The molecular formula is C13H19N3OS2. The van der Waals surface area contributed by atoms with Crippen molar-refractivity contribution in [1.82, 2.24) is 10.3 Å². The molecule has 1 amide bonds. The topological polar surface area (TPSA) is 68.0 Å². The van der Waals surface area contributed by atoms with E-state index in [1.165, 1.54) is 0 Å². The molecule has 0 unspecified atom stereocenters. The number of amides is 1. The van der Waals surface area contributed by atoms with E-state index < -0.39 is 5.41 Å². The highest BCUT2D eigenvalue weighted by Crippen LogP contribution is 2.37. The minimum absolute atomic E-state index is 0.0208. The standard InChI is InChI=1S/C13H19N3OS2/c1-9-10(19-8-16-9)7-15-12(17)13(11(14)18)5-3-2-4-6-13/h8H,2-7H2,1H3,(H2,14,18)(H,15,17). The first-order valence-corrected chi connectivity index (χ1v) is 7.82. The minimum Gasteiger partial charge on any atom is -0.392 e. The number of hydrogen-bond donors (Lipinski definition) is 2. The highest BCUT2D eigenvalue weighted by Gasteiger charge is 2.42. The maximum Gasteiger partial charge on any atom is 0.233 e. The van der Waals surface area contributed by atoms with Crippen molar-refractivity contribution in [1.29, 1.82) is 0 Å². The van der Waals surface area contributed by atoms with Gasteiger partial charge in [0.25, 0.3) is 0 Å². The van der Waals surface area contributed by atoms with Crippen LogP contribution in [0, 0.1) is 12.3 Å². The molecule has 104 valence electrons. The summed E-state index contributed by atoms with van der Waals surface area (Å²) in [5.41, 5.74) is 7.97. The van der Waals surface area contributed by atoms with Crippen LogP contribution in [0.25, 0.3) is 0 Å². The van der Waals surface area contributed by atoms with E-state index in [9.17, 15) is 4.79 Å². The summed E-state index contributed by atoms with van der Waals surface area (Å²) in [4.78, 5) is 18.1. The predicted octanol–water partition coefficient (Wildman–Crippen LogP) is 2.30. The molecule has 1 aromatic heterocycles. The van der Waals surface area contributed by atoms with Gasteiger partial charge in [-0.3, -0.25) is 4.79 Å². The molecule has 1 aromatic rings. The molecular weight excluding hydrogens is 278 g/mol. The van der Waals surface area contributed by atoms with Crippen LogP contribution >= 0.6 is 23.6 Å². The number of nitrogens with zero attached hydrogens (tertiary/aromatic N) is 1. The molecule has 19 heavy (non-hydrogen) atoms. The van der Waals surface area contributed by atoms with Gasteiger partial charge in [0.2, 0.25) is 5.91 Å². The number of aromatic nitrogens is 1. The van der Waals surface area contributed by atoms with Crippen molar-refractivity contribution in [3.05, 3.63) is 16.1 Å². The number of aryl methyl sites for hydroxylation is 1.